The van der Waals surface area contributed by atoms with Crippen LogP contribution in [0.15, 0.2) is 277 Å². The maximum Gasteiger partial charge on any atom is 0.135 e. The molecule has 352 valence electrons. The van der Waals surface area contributed by atoms with Crippen molar-refractivity contribution in [2.45, 2.75) is 0 Å². The highest BCUT2D eigenvalue weighted by Gasteiger charge is 2.23. The highest BCUT2D eigenvalue weighted by molar-refractivity contribution is 7.25. The lowest BCUT2D eigenvalue weighted by atomic mass is 9.98. The standard InChI is InChI=1S/C70H45N3OS/c1-4-16-46(17-5-1)47-28-32-53(33-29-47)73-64-37-31-49(42-63(64)70-58-23-11-10-18-48(58)30-38-65(70)73)50-40-56(71(51-19-6-2-7-20-51)52-21-8-3-9-22-52)43-57(41-50)72(54-35-39-67-62(44-54)59-24-12-14-26-66(59)74-67)55-34-36-61-60-25-13-15-27-68(60)75-69(61)45-55/h1-45H. The Balaban J connectivity index is 0.991. The molecule has 0 spiro atoms. The maximum atomic E-state index is 6.44. The molecule has 4 nitrogen and oxygen atoms in total. The lowest BCUT2D eigenvalue weighted by Gasteiger charge is -2.30. The van der Waals surface area contributed by atoms with E-state index in [0.717, 1.165) is 78.4 Å². The van der Waals surface area contributed by atoms with Crippen LogP contribution in [0.4, 0.5) is 34.1 Å². The molecule has 3 aromatic heterocycles. The number of benzene rings is 12. The van der Waals surface area contributed by atoms with Crippen LogP contribution in [-0.2, 0) is 0 Å². The molecule has 0 saturated carbocycles. The van der Waals surface area contributed by atoms with Crippen molar-refractivity contribution in [3.8, 4) is 27.9 Å². The van der Waals surface area contributed by atoms with Crippen molar-refractivity contribution in [1.29, 1.82) is 0 Å². The number of fused-ring (bicyclic) bond motifs is 11. The van der Waals surface area contributed by atoms with Crippen molar-refractivity contribution in [2.75, 3.05) is 9.80 Å². The van der Waals surface area contributed by atoms with Crippen molar-refractivity contribution >= 4 is 120 Å². The Bertz CT molecular complexity index is 4610. The first-order chi connectivity index (χ1) is 37.2. The Morgan fingerprint density at radius 2 is 0.867 bits per heavy atom. The minimum absolute atomic E-state index is 0.862. The van der Waals surface area contributed by atoms with Crippen LogP contribution in [0.1, 0.15) is 0 Å². The van der Waals surface area contributed by atoms with Crippen molar-refractivity contribution in [2.24, 2.45) is 0 Å². The van der Waals surface area contributed by atoms with Crippen molar-refractivity contribution in [1.82, 2.24) is 4.57 Å². The molecule has 0 fully saturated rings. The molecule has 0 radical (unpaired) electrons. The molecule has 0 N–H and O–H groups in total. The Morgan fingerprint density at radius 1 is 0.293 bits per heavy atom. The van der Waals surface area contributed by atoms with Crippen LogP contribution in [0.2, 0.25) is 0 Å². The summed E-state index contributed by atoms with van der Waals surface area (Å²) in [5.74, 6) is 0. The second kappa shape index (κ2) is 17.5. The molecule has 0 saturated heterocycles. The highest BCUT2D eigenvalue weighted by atomic mass is 32.1. The summed E-state index contributed by atoms with van der Waals surface area (Å²) in [5.41, 5.74) is 16.1. The Morgan fingerprint density at radius 3 is 1.64 bits per heavy atom. The summed E-state index contributed by atoms with van der Waals surface area (Å²) >= 11 is 1.84. The predicted molar refractivity (Wildman–Crippen MR) is 319 cm³/mol. The molecular weight excluding hydrogens is 931 g/mol. The van der Waals surface area contributed by atoms with E-state index in [0.29, 0.717) is 0 Å². The molecule has 0 atom stereocenters. The van der Waals surface area contributed by atoms with Gasteiger partial charge in [-0.3, -0.25) is 0 Å². The molecule has 12 aromatic carbocycles. The van der Waals surface area contributed by atoms with E-state index in [1.807, 2.05) is 17.4 Å². The SMILES string of the molecule is c1ccc(-c2ccc(-n3c4ccc(-c5cc(N(c6ccccc6)c6ccccc6)cc(N(c6ccc7c(c6)sc6ccccc67)c6ccc7oc8ccccc8c7c6)c5)cc4c4c5ccccc5ccc43)cc2)cc1. The molecule has 0 unspecified atom stereocenters. The number of rotatable bonds is 9. The summed E-state index contributed by atoms with van der Waals surface area (Å²) in [6, 6.07) is 99.3. The van der Waals surface area contributed by atoms with Gasteiger partial charge in [-0.05, 0) is 148 Å². The quantitative estimate of drug-likeness (QED) is 0.144. The van der Waals surface area contributed by atoms with Crippen molar-refractivity contribution in [3.63, 3.8) is 0 Å². The summed E-state index contributed by atoms with van der Waals surface area (Å²) in [6.45, 7) is 0. The third-order valence-corrected chi connectivity index (χ3v) is 16.0. The van der Waals surface area contributed by atoms with Crippen LogP contribution in [-0.4, -0.2) is 4.57 Å². The molecule has 0 aliphatic rings. The van der Waals surface area contributed by atoms with E-state index in [1.165, 1.54) is 58.4 Å². The third-order valence-electron chi connectivity index (χ3n) is 14.9. The number of anilines is 6. The number of furan rings is 1. The van der Waals surface area contributed by atoms with E-state index in [2.05, 4.69) is 281 Å². The van der Waals surface area contributed by atoms with E-state index < -0.39 is 0 Å². The number of para-hydroxylation sites is 3. The first kappa shape index (κ1) is 43.0. The van der Waals surface area contributed by atoms with Gasteiger partial charge in [-0.1, -0.05) is 158 Å². The van der Waals surface area contributed by atoms with Gasteiger partial charge in [0.1, 0.15) is 11.2 Å². The van der Waals surface area contributed by atoms with E-state index in [1.54, 1.807) is 0 Å². The molecular formula is C70H45N3OS. The van der Waals surface area contributed by atoms with Gasteiger partial charge in [-0.2, -0.15) is 0 Å². The summed E-state index contributed by atoms with van der Waals surface area (Å²) in [6.07, 6.45) is 0. The number of aromatic nitrogens is 1. The average Bonchev–Trinajstić information content (AvgIpc) is 4.20. The third kappa shape index (κ3) is 7.27. The van der Waals surface area contributed by atoms with E-state index in [9.17, 15) is 0 Å². The first-order valence-electron chi connectivity index (χ1n) is 25.5. The highest BCUT2D eigenvalue weighted by Crippen LogP contribution is 2.47. The summed E-state index contributed by atoms with van der Waals surface area (Å²) in [5, 5.41) is 9.59. The number of thiophene rings is 1. The monoisotopic (exact) mass is 975 g/mol. The van der Waals surface area contributed by atoms with E-state index in [-0.39, 0.29) is 0 Å². The molecule has 15 rings (SSSR count). The van der Waals surface area contributed by atoms with Gasteiger partial charge in [-0.25, -0.2) is 0 Å². The van der Waals surface area contributed by atoms with Gasteiger partial charge in [0.15, 0.2) is 0 Å². The minimum atomic E-state index is 0.862. The second-order valence-electron chi connectivity index (χ2n) is 19.3. The molecule has 5 heteroatoms. The maximum absolute atomic E-state index is 6.44. The van der Waals surface area contributed by atoms with Gasteiger partial charge in [0.05, 0.1) is 11.0 Å². The van der Waals surface area contributed by atoms with Crippen LogP contribution in [0.25, 0.3) is 103 Å². The fraction of sp³-hybridized carbons (Fsp3) is 0. The van der Waals surface area contributed by atoms with Crippen molar-refractivity contribution in [3.05, 3.63) is 273 Å². The molecule has 15 aromatic rings. The Hall–Kier alpha value is -9.68. The second-order valence-corrected chi connectivity index (χ2v) is 20.4. The van der Waals surface area contributed by atoms with Crippen LogP contribution in [0.3, 0.4) is 0 Å². The summed E-state index contributed by atoms with van der Waals surface area (Å²) in [4.78, 5) is 4.81. The molecule has 0 aliphatic carbocycles. The Kier molecular flexibility index (Phi) is 10.0. The van der Waals surface area contributed by atoms with Crippen molar-refractivity contribution < 1.29 is 4.42 Å². The Labute approximate surface area is 437 Å². The van der Waals surface area contributed by atoms with Gasteiger partial charge in [0.25, 0.3) is 0 Å². The fourth-order valence-electron chi connectivity index (χ4n) is 11.5. The largest absolute Gasteiger partial charge is 0.456 e. The molecule has 0 amide bonds. The van der Waals surface area contributed by atoms with Gasteiger partial charge < -0.3 is 18.8 Å². The fourth-order valence-corrected chi connectivity index (χ4v) is 12.6. The zero-order valence-corrected chi connectivity index (χ0v) is 41.5. The normalized spacial score (nSPS) is 11.7. The smallest absolute Gasteiger partial charge is 0.135 e. The van der Waals surface area contributed by atoms with E-state index in [4.69, 9.17) is 4.42 Å². The lowest BCUT2D eigenvalue weighted by Crippen LogP contribution is -2.13. The van der Waals surface area contributed by atoms with Gasteiger partial charge in [0.2, 0.25) is 0 Å². The molecule has 3 heterocycles. The van der Waals surface area contributed by atoms with Crippen LogP contribution in [0.5, 0.6) is 0 Å². The number of hydrogen-bond donors (Lipinski definition) is 0. The van der Waals surface area contributed by atoms with E-state index >= 15 is 0 Å². The summed E-state index contributed by atoms with van der Waals surface area (Å²) < 4.78 is 11.4. The minimum Gasteiger partial charge on any atom is -0.456 e. The number of hydrogen-bond acceptors (Lipinski definition) is 4. The first-order valence-corrected chi connectivity index (χ1v) is 26.3. The van der Waals surface area contributed by atoms with Crippen LogP contribution < -0.4 is 9.80 Å². The van der Waals surface area contributed by atoms with Gasteiger partial charge >= 0.3 is 0 Å². The van der Waals surface area contributed by atoms with Crippen LogP contribution >= 0.6 is 11.3 Å². The summed E-state index contributed by atoms with van der Waals surface area (Å²) in [7, 11) is 0. The topological polar surface area (TPSA) is 24.6 Å². The molecule has 0 aliphatic heterocycles. The number of nitrogens with zero attached hydrogens (tertiary/aromatic N) is 3. The zero-order chi connectivity index (χ0) is 49.4. The zero-order valence-electron chi connectivity index (χ0n) is 40.6. The van der Waals surface area contributed by atoms with Gasteiger partial charge in [0, 0.05) is 81.5 Å². The molecule has 75 heavy (non-hydrogen) atoms. The lowest BCUT2D eigenvalue weighted by molar-refractivity contribution is 0.669. The van der Waals surface area contributed by atoms with Crippen LogP contribution in [0, 0.1) is 0 Å². The predicted octanol–water partition coefficient (Wildman–Crippen LogP) is 20.5. The molecule has 0 bridgehead atoms. The average molecular weight is 976 g/mol. The van der Waals surface area contributed by atoms with Gasteiger partial charge in [-0.15, -0.1) is 11.3 Å².